The van der Waals surface area contributed by atoms with Gasteiger partial charge in [0.1, 0.15) is 19.0 Å². The number of halogens is 8. The first-order valence-corrected chi connectivity index (χ1v) is 9.63. The number of hydrogen-bond donors (Lipinski definition) is 1. The van der Waals surface area contributed by atoms with Crippen molar-refractivity contribution in [1.82, 2.24) is 15.0 Å². The molecule has 0 radical (unpaired) electrons. The van der Waals surface area contributed by atoms with Crippen molar-refractivity contribution in [3.63, 3.8) is 0 Å². The highest BCUT2D eigenvalue weighted by Crippen LogP contribution is 2.39. The van der Waals surface area contributed by atoms with E-state index in [0.29, 0.717) is 6.07 Å². The lowest BCUT2D eigenvalue weighted by atomic mass is 10.0. The molecule has 0 saturated heterocycles. The van der Waals surface area contributed by atoms with E-state index < -0.39 is 52.3 Å². The Bertz CT molecular complexity index is 1210. The molecule has 0 amide bonds. The lowest BCUT2D eigenvalue weighted by Gasteiger charge is -2.14. The average Bonchev–Trinajstić information content (AvgIpc) is 2.73. The number of aromatic amines is 1. The SMILES string of the molecule is O=c1cc(-c2ccc(OCCOCC(F)(F)F)nc2)nc(-c2c(C(F)(F)F)ccc(Cl)c2F)[nH]1. The van der Waals surface area contributed by atoms with E-state index in [0.717, 1.165) is 18.3 Å². The number of aromatic nitrogens is 3. The minimum absolute atomic E-state index is 0.00432. The molecular formula is C20H13ClF7N3O3. The van der Waals surface area contributed by atoms with Crippen LogP contribution in [0.5, 0.6) is 5.88 Å². The van der Waals surface area contributed by atoms with Crippen molar-refractivity contribution in [2.45, 2.75) is 12.4 Å². The number of ether oxygens (including phenoxy) is 2. The molecule has 2 aromatic heterocycles. The summed E-state index contributed by atoms with van der Waals surface area (Å²) in [5, 5.41) is -0.599. The molecule has 3 aromatic rings. The van der Waals surface area contributed by atoms with Gasteiger partial charge in [-0.1, -0.05) is 11.6 Å². The van der Waals surface area contributed by atoms with Gasteiger partial charge in [0, 0.05) is 23.9 Å². The third kappa shape index (κ3) is 6.44. The van der Waals surface area contributed by atoms with Gasteiger partial charge >= 0.3 is 12.4 Å². The van der Waals surface area contributed by atoms with E-state index in [-0.39, 0.29) is 30.4 Å². The molecular weight excluding hydrogens is 499 g/mol. The molecule has 0 aliphatic heterocycles. The summed E-state index contributed by atoms with van der Waals surface area (Å²) in [6.45, 7) is -2.01. The number of nitrogens with zero attached hydrogens (tertiary/aromatic N) is 2. The monoisotopic (exact) mass is 511 g/mol. The molecule has 0 atom stereocenters. The van der Waals surface area contributed by atoms with Gasteiger partial charge in [-0.05, 0) is 18.2 Å². The maximum Gasteiger partial charge on any atom is 0.417 e. The van der Waals surface area contributed by atoms with Crippen molar-refractivity contribution in [3.8, 4) is 28.5 Å². The maximum absolute atomic E-state index is 14.5. The molecule has 6 nitrogen and oxygen atoms in total. The standard InChI is InChI=1S/C20H13ClF7N3O3/c21-12-3-2-11(20(26,27)28)16(17(12)22)18-30-13(7-14(32)31-18)10-1-4-15(29-8-10)34-6-5-33-9-19(23,24)25/h1-4,7-8H,5-6,9H2,(H,30,31,32). The van der Waals surface area contributed by atoms with Gasteiger partial charge < -0.3 is 14.5 Å². The van der Waals surface area contributed by atoms with Crippen molar-refractivity contribution in [2.75, 3.05) is 19.8 Å². The summed E-state index contributed by atoms with van der Waals surface area (Å²) in [5.41, 5.74) is -3.23. The summed E-state index contributed by atoms with van der Waals surface area (Å²) in [6, 6.07) is 4.91. The molecule has 0 fully saturated rings. The van der Waals surface area contributed by atoms with E-state index >= 15 is 0 Å². The molecule has 0 aliphatic carbocycles. The number of rotatable bonds is 7. The summed E-state index contributed by atoms with van der Waals surface area (Å²) in [6.07, 6.45) is -8.26. The first-order chi connectivity index (χ1) is 15.8. The molecule has 14 heteroatoms. The molecule has 3 rings (SSSR count). The molecule has 0 spiro atoms. The highest BCUT2D eigenvalue weighted by molar-refractivity contribution is 6.31. The third-order valence-electron chi connectivity index (χ3n) is 4.15. The Morgan fingerprint density at radius 2 is 1.76 bits per heavy atom. The Morgan fingerprint density at radius 3 is 2.38 bits per heavy atom. The topological polar surface area (TPSA) is 77.1 Å². The zero-order valence-corrected chi connectivity index (χ0v) is 17.5. The third-order valence-corrected chi connectivity index (χ3v) is 4.45. The van der Waals surface area contributed by atoms with Crippen LogP contribution in [0.3, 0.4) is 0 Å². The van der Waals surface area contributed by atoms with E-state index in [1.54, 1.807) is 0 Å². The molecule has 2 heterocycles. The molecule has 34 heavy (non-hydrogen) atoms. The zero-order chi connectivity index (χ0) is 25.1. The number of nitrogens with one attached hydrogen (secondary N) is 1. The number of pyridine rings is 1. The first kappa shape index (κ1) is 25.4. The summed E-state index contributed by atoms with van der Waals surface area (Å²) >= 11 is 5.63. The predicted molar refractivity (Wildman–Crippen MR) is 106 cm³/mol. The van der Waals surface area contributed by atoms with Crippen molar-refractivity contribution in [2.24, 2.45) is 0 Å². The van der Waals surface area contributed by atoms with E-state index in [1.807, 2.05) is 0 Å². The molecule has 0 bridgehead atoms. The van der Waals surface area contributed by atoms with Crippen LogP contribution >= 0.6 is 11.6 Å². The van der Waals surface area contributed by atoms with Crippen LogP contribution in [0.15, 0.2) is 41.3 Å². The summed E-state index contributed by atoms with van der Waals surface area (Å²) < 4.78 is 100. The quantitative estimate of drug-likeness (QED) is 0.345. The van der Waals surface area contributed by atoms with Crippen molar-refractivity contribution in [1.29, 1.82) is 0 Å². The van der Waals surface area contributed by atoms with E-state index in [1.165, 1.54) is 12.1 Å². The molecule has 0 unspecified atom stereocenters. The molecule has 1 aromatic carbocycles. The van der Waals surface area contributed by atoms with Gasteiger partial charge in [-0.25, -0.2) is 14.4 Å². The number of hydrogen-bond acceptors (Lipinski definition) is 5. The van der Waals surface area contributed by atoms with Crippen LogP contribution in [0.4, 0.5) is 30.7 Å². The first-order valence-electron chi connectivity index (χ1n) is 9.26. The highest BCUT2D eigenvalue weighted by Gasteiger charge is 2.36. The van der Waals surface area contributed by atoms with Crippen LogP contribution in [0.2, 0.25) is 5.02 Å². The van der Waals surface area contributed by atoms with Crippen molar-refractivity contribution in [3.05, 3.63) is 63.3 Å². The van der Waals surface area contributed by atoms with E-state index in [2.05, 4.69) is 19.7 Å². The second-order valence-corrected chi connectivity index (χ2v) is 7.07. The fourth-order valence-electron chi connectivity index (χ4n) is 2.75. The molecule has 0 saturated carbocycles. The molecule has 1 N–H and O–H groups in total. The summed E-state index contributed by atoms with van der Waals surface area (Å²) in [5.74, 6) is -2.10. The van der Waals surface area contributed by atoms with Crippen LogP contribution in [0.1, 0.15) is 5.56 Å². The normalized spacial score (nSPS) is 12.1. The van der Waals surface area contributed by atoms with Crippen LogP contribution < -0.4 is 10.3 Å². The fourth-order valence-corrected chi connectivity index (χ4v) is 2.91. The molecule has 182 valence electrons. The van der Waals surface area contributed by atoms with Crippen molar-refractivity contribution < 1.29 is 40.2 Å². The van der Waals surface area contributed by atoms with Gasteiger partial charge in [0.2, 0.25) is 5.88 Å². The van der Waals surface area contributed by atoms with Crippen LogP contribution in [0.25, 0.3) is 22.6 Å². The number of alkyl halides is 6. The van der Waals surface area contributed by atoms with Crippen LogP contribution in [-0.4, -0.2) is 40.9 Å². The van der Waals surface area contributed by atoms with E-state index in [9.17, 15) is 35.5 Å². The Labute approximate surface area is 191 Å². The fraction of sp³-hybridized carbons (Fsp3) is 0.250. The van der Waals surface area contributed by atoms with Gasteiger partial charge in [-0.3, -0.25) is 4.79 Å². The predicted octanol–water partition coefficient (Wildman–Crippen LogP) is 5.27. The van der Waals surface area contributed by atoms with E-state index in [4.69, 9.17) is 16.3 Å². The Morgan fingerprint density at radius 1 is 1.03 bits per heavy atom. The zero-order valence-electron chi connectivity index (χ0n) is 16.7. The smallest absolute Gasteiger partial charge is 0.417 e. The van der Waals surface area contributed by atoms with Gasteiger partial charge in [-0.2, -0.15) is 26.3 Å². The molecule has 0 aliphatic rings. The second-order valence-electron chi connectivity index (χ2n) is 6.66. The minimum atomic E-state index is -4.96. The lowest BCUT2D eigenvalue weighted by Crippen LogP contribution is -2.19. The minimum Gasteiger partial charge on any atom is -0.475 e. The maximum atomic E-state index is 14.5. The van der Waals surface area contributed by atoms with Crippen LogP contribution in [0, 0.1) is 5.82 Å². The Balaban J connectivity index is 1.84. The van der Waals surface area contributed by atoms with Crippen LogP contribution in [-0.2, 0) is 10.9 Å². The van der Waals surface area contributed by atoms with Gasteiger partial charge in [-0.15, -0.1) is 0 Å². The number of H-pyrrole nitrogens is 1. The average molecular weight is 512 g/mol. The van der Waals surface area contributed by atoms with Gasteiger partial charge in [0.25, 0.3) is 5.56 Å². The Hall–Kier alpha value is -3.19. The highest BCUT2D eigenvalue weighted by atomic mass is 35.5. The van der Waals surface area contributed by atoms with Gasteiger partial charge in [0.05, 0.1) is 28.5 Å². The van der Waals surface area contributed by atoms with Crippen molar-refractivity contribution >= 4 is 11.6 Å². The summed E-state index contributed by atoms with van der Waals surface area (Å²) in [4.78, 5) is 22.0. The Kier molecular flexibility index (Phi) is 7.46. The lowest BCUT2D eigenvalue weighted by molar-refractivity contribution is -0.175. The van der Waals surface area contributed by atoms with Gasteiger partial charge in [0.15, 0.2) is 5.82 Å². The summed E-state index contributed by atoms with van der Waals surface area (Å²) in [7, 11) is 0. The number of benzene rings is 1. The largest absolute Gasteiger partial charge is 0.475 e. The second kappa shape index (κ2) is 9.97.